The maximum atomic E-state index is 15.7. The summed E-state index contributed by atoms with van der Waals surface area (Å²) in [6.45, 7) is 11.4. The lowest BCUT2D eigenvalue weighted by molar-refractivity contribution is -0.136. The van der Waals surface area contributed by atoms with E-state index in [1.54, 1.807) is 23.4 Å². The molecule has 1 aliphatic carbocycles. The first-order valence-corrected chi connectivity index (χ1v) is 24.5. The molecule has 7 aliphatic rings. The zero-order chi connectivity index (χ0) is 47.5. The minimum atomic E-state index is -0.991. The summed E-state index contributed by atoms with van der Waals surface area (Å²) in [6, 6.07) is 9.35. The second kappa shape index (κ2) is 18.3. The normalized spacial score (nSPS) is 25.9. The van der Waals surface area contributed by atoms with Crippen LogP contribution in [0.3, 0.4) is 0 Å². The summed E-state index contributed by atoms with van der Waals surface area (Å²) in [5, 5.41) is 8.96. The number of carbonyl (C=O) groups is 5. The number of imide groups is 2. The minimum Gasteiger partial charge on any atom is -0.370 e. The highest BCUT2D eigenvalue weighted by atomic mass is 19.1. The molecule has 1 spiro atoms. The van der Waals surface area contributed by atoms with Crippen LogP contribution in [-0.2, 0) is 20.9 Å². The summed E-state index contributed by atoms with van der Waals surface area (Å²) in [7, 11) is 2.18. The van der Waals surface area contributed by atoms with Gasteiger partial charge >= 0.3 is 0 Å². The van der Waals surface area contributed by atoms with Crippen LogP contribution in [0.1, 0.15) is 97.9 Å². The number of benzene rings is 2. The molecule has 2 aromatic carbocycles. The number of anilines is 4. The van der Waals surface area contributed by atoms with E-state index in [-0.39, 0.29) is 36.4 Å². The van der Waals surface area contributed by atoms with Crippen LogP contribution < -0.4 is 30.7 Å². The van der Waals surface area contributed by atoms with Gasteiger partial charge in [-0.05, 0) is 113 Å². The molecule has 1 unspecified atom stereocenters. The number of piperidine rings is 3. The zero-order valence-electron chi connectivity index (χ0n) is 39.4. The van der Waals surface area contributed by atoms with E-state index in [4.69, 9.17) is 0 Å². The Balaban J connectivity index is 0.677. The molecule has 68 heavy (non-hydrogen) atoms. The number of halogens is 2. The summed E-state index contributed by atoms with van der Waals surface area (Å²) in [5.74, 6) is -0.642. The number of rotatable bonds is 12. The largest absolute Gasteiger partial charge is 0.370 e. The summed E-state index contributed by atoms with van der Waals surface area (Å²) in [5.41, 5.74) is 1.58. The van der Waals surface area contributed by atoms with E-state index >= 15 is 8.78 Å². The van der Waals surface area contributed by atoms with Crippen molar-refractivity contribution in [2.75, 3.05) is 92.5 Å². The van der Waals surface area contributed by atoms with Crippen molar-refractivity contribution >= 4 is 52.5 Å². The summed E-state index contributed by atoms with van der Waals surface area (Å²) in [4.78, 5) is 85.5. The Kier molecular flexibility index (Phi) is 12.4. The zero-order valence-corrected chi connectivity index (χ0v) is 39.4. The van der Waals surface area contributed by atoms with Crippen LogP contribution in [0.2, 0.25) is 0 Å². The number of nitrogens with zero attached hydrogens (tertiary/aromatic N) is 8. The highest BCUT2D eigenvalue weighted by Gasteiger charge is 2.49. The lowest BCUT2D eigenvalue weighted by Gasteiger charge is -2.48. The van der Waals surface area contributed by atoms with Crippen LogP contribution in [0.4, 0.5) is 31.8 Å². The molecule has 18 heteroatoms. The van der Waals surface area contributed by atoms with Gasteiger partial charge in [0.15, 0.2) is 0 Å². The average molecular weight is 936 g/mol. The van der Waals surface area contributed by atoms with Gasteiger partial charge in [-0.15, -0.1) is 0 Å². The third kappa shape index (κ3) is 9.12. The van der Waals surface area contributed by atoms with Gasteiger partial charge < -0.3 is 30.2 Å². The lowest BCUT2D eigenvalue weighted by atomic mass is 9.82. The van der Waals surface area contributed by atoms with Crippen molar-refractivity contribution in [1.82, 2.24) is 35.3 Å². The molecule has 5 amide bonds. The number of nitrogens with one attached hydrogen (secondary N) is 3. The summed E-state index contributed by atoms with van der Waals surface area (Å²) < 4.78 is 31.2. The Morgan fingerprint density at radius 3 is 2.32 bits per heavy atom. The van der Waals surface area contributed by atoms with Crippen LogP contribution in [0.15, 0.2) is 42.7 Å². The standard InChI is InChI=1S/C50H63F2N11O5/c1-49(2)10-16-59(17-11-49)25-33-22-37(52)40(23-36(33)51)62-28-44(65)57-50(29-62)12-18-60(19-13-50)42-24-41(54-30-55-42)53-14-5-15-58(3)34-20-31-26-61(27-32(31)21-34)38-7-4-6-35-45(38)48(68)63(47(35)67)39-8-9-43(64)56-46(39)66/h4,6-7,22-24,30-32,34,39H,5,8-21,25-29H2,1-3H3,(H,57,65)(H,53,54,55)(H,56,64,66)/t31-,32+,34-,39?. The van der Waals surface area contributed by atoms with Crippen molar-refractivity contribution in [2.45, 2.75) is 95.8 Å². The van der Waals surface area contributed by atoms with Gasteiger partial charge in [0.2, 0.25) is 17.7 Å². The van der Waals surface area contributed by atoms with Gasteiger partial charge in [-0.25, -0.2) is 18.7 Å². The molecule has 5 saturated heterocycles. The minimum absolute atomic E-state index is 0.0259. The highest BCUT2D eigenvalue weighted by Crippen LogP contribution is 2.44. The van der Waals surface area contributed by atoms with Crippen molar-refractivity contribution in [3.63, 3.8) is 0 Å². The summed E-state index contributed by atoms with van der Waals surface area (Å²) in [6.07, 6.45) is 8.08. The third-order valence-electron chi connectivity index (χ3n) is 16.1. The third-order valence-corrected chi connectivity index (χ3v) is 16.1. The molecule has 6 fully saturated rings. The molecule has 3 N–H and O–H groups in total. The van der Waals surface area contributed by atoms with Gasteiger partial charge in [-0.3, -0.25) is 39.1 Å². The molecule has 3 aromatic rings. The maximum absolute atomic E-state index is 15.7. The van der Waals surface area contributed by atoms with E-state index < -0.39 is 46.8 Å². The molecule has 1 aromatic heterocycles. The molecule has 7 heterocycles. The fourth-order valence-corrected chi connectivity index (χ4v) is 12.0. The fourth-order valence-electron chi connectivity index (χ4n) is 12.0. The van der Waals surface area contributed by atoms with Crippen LogP contribution in [0.5, 0.6) is 0 Å². The Bertz CT molecular complexity index is 2470. The molecular formula is C50H63F2N11O5. The number of amides is 5. The van der Waals surface area contributed by atoms with Crippen LogP contribution >= 0.6 is 0 Å². The molecule has 0 bridgehead atoms. The molecular weight excluding hydrogens is 873 g/mol. The molecule has 16 nitrogen and oxygen atoms in total. The SMILES string of the molecule is CN(CCCNc1cc(N2CCC3(CC2)CN(c2cc(F)c(CN4CCC(C)(C)CC4)cc2F)CC(=O)N3)ncn1)[C@@H]1C[C@@H]2CN(c3cccc4c3C(=O)N(C3CCC(=O)NC3=O)C4=O)C[C@@H]2C1. The van der Waals surface area contributed by atoms with E-state index in [9.17, 15) is 24.0 Å². The Morgan fingerprint density at radius 1 is 0.838 bits per heavy atom. The first-order chi connectivity index (χ1) is 32.6. The molecule has 1 saturated carbocycles. The van der Waals surface area contributed by atoms with Crippen LogP contribution in [0, 0.1) is 28.9 Å². The Morgan fingerprint density at radius 2 is 1.59 bits per heavy atom. The van der Waals surface area contributed by atoms with Crippen molar-refractivity contribution < 1.29 is 32.8 Å². The topological polar surface area (TPSA) is 167 Å². The van der Waals surface area contributed by atoms with E-state index in [2.05, 4.69) is 66.4 Å². The van der Waals surface area contributed by atoms with Gasteiger partial charge in [0, 0.05) is 76.0 Å². The van der Waals surface area contributed by atoms with Crippen molar-refractivity contribution in [3.05, 3.63) is 71.1 Å². The second-order valence-corrected chi connectivity index (χ2v) is 21.2. The molecule has 4 atom stereocenters. The summed E-state index contributed by atoms with van der Waals surface area (Å²) >= 11 is 0. The quantitative estimate of drug-likeness (QED) is 0.173. The predicted molar refractivity (Wildman–Crippen MR) is 252 cm³/mol. The monoisotopic (exact) mass is 935 g/mol. The van der Waals surface area contributed by atoms with Gasteiger partial charge in [0.05, 0.1) is 34.6 Å². The number of aromatic nitrogens is 2. The van der Waals surface area contributed by atoms with Gasteiger partial charge in [-0.2, -0.15) is 0 Å². The average Bonchev–Trinajstić information content (AvgIpc) is 3.97. The number of piperazine rings is 1. The number of carbonyl (C=O) groups excluding carboxylic acids is 5. The number of hydrogen-bond donors (Lipinski definition) is 3. The number of fused-ring (bicyclic) bond motifs is 2. The van der Waals surface area contributed by atoms with Crippen molar-refractivity contribution in [2.24, 2.45) is 17.3 Å². The maximum Gasteiger partial charge on any atom is 0.264 e. The second-order valence-electron chi connectivity index (χ2n) is 21.2. The highest BCUT2D eigenvalue weighted by molar-refractivity contribution is 6.25. The Hall–Kier alpha value is -5.75. The number of hydrogen-bond acceptors (Lipinski definition) is 13. The number of likely N-dealkylation sites (tertiary alicyclic amines) is 1. The molecule has 6 aliphatic heterocycles. The van der Waals surface area contributed by atoms with Crippen molar-refractivity contribution in [1.29, 1.82) is 0 Å². The molecule has 0 radical (unpaired) electrons. The fraction of sp³-hybridized carbons (Fsp3) is 0.580. The van der Waals surface area contributed by atoms with E-state index in [0.717, 1.165) is 93.6 Å². The van der Waals surface area contributed by atoms with E-state index in [0.29, 0.717) is 73.6 Å². The predicted octanol–water partition coefficient (Wildman–Crippen LogP) is 4.40. The first kappa shape index (κ1) is 46.0. The first-order valence-electron chi connectivity index (χ1n) is 24.5. The molecule has 362 valence electrons. The van der Waals surface area contributed by atoms with E-state index in [1.807, 2.05) is 12.1 Å². The molecule has 10 rings (SSSR count). The Labute approximate surface area is 396 Å². The van der Waals surface area contributed by atoms with Gasteiger partial charge in [0.25, 0.3) is 11.8 Å². The lowest BCUT2D eigenvalue weighted by Crippen LogP contribution is -2.66. The van der Waals surface area contributed by atoms with Crippen molar-refractivity contribution in [3.8, 4) is 0 Å². The van der Waals surface area contributed by atoms with Crippen LogP contribution in [0.25, 0.3) is 0 Å². The van der Waals surface area contributed by atoms with Crippen LogP contribution in [-0.4, -0.2) is 144 Å². The van der Waals surface area contributed by atoms with E-state index in [1.165, 1.54) is 12.1 Å². The smallest absolute Gasteiger partial charge is 0.264 e. The van der Waals surface area contributed by atoms with Gasteiger partial charge in [0.1, 0.15) is 35.6 Å². The van der Waals surface area contributed by atoms with Gasteiger partial charge in [-0.1, -0.05) is 19.9 Å².